The second-order valence-electron chi connectivity index (χ2n) is 10.7. The summed E-state index contributed by atoms with van der Waals surface area (Å²) in [6.45, 7) is 11.8. The molecule has 3 heterocycles. The van der Waals surface area contributed by atoms with Crippen LogP contribution in [-0.2, 0) is 4.74 Å². The van der Waals surface area contributed by atoms with Crippen molar-refractivity contribution in [3.05, 3.63) is 48.5 Å². The first-order valence-electron chi connectivity index (χ1n) is 13.9. The van der Waals surface area contributed by atoms with E-state index in [0.717, 1.165) is 86.6 Å². The molecule has 1 aromatic heterocycles. The van der Waals surface area contributed by atoms with Gasteiger partial charge in [0, 0.05) is 80.2 Å². The van der Waals surface area contributed by atoms with Crippen LogP contribution in [0.1, 0.15) is 26.7 Å². The van der Waals surface area contributed by atoms with Gasteiger partial charge >= 0.3 is 6.09 Å². The van der Waals surface area contributed by atoms with Crippen LogP contribution in [0.4, 0.5) is 10.5 Å². The molecule has 0 bridgehead atoms. The number of ether oxygens (including phenoxy) is 2. The molecule has 2 aliphatic rings. The van der Waals surface area contributed by atoms with E-state index in [0.29, 0.717) is 12.6 Å². The molecule has 2 saturated heterocycles. The van der Waals surface area contributed by atoms with E-state index in [4.69, 9.17) is 9.47 Å². The van der Waals surface area contributed by atoms with Gasteiger partial charge in [-0.15, -0.1) is 0 Å². The molecule has 8 nitrogen and oxygen atoms in total. The summed E-state index contributed by atoms with van der Waals surface area (Å²) in [7, 11) is 1.69. The monoisotopic (exact) mass is 519 g/mol. The van der Waals surface area contributed by atoms with Crippen LogP contribution >= 0.6 is 0 Å². The van der Waals surface area contributed by atoms with Crippen molar-refractivity contribution in [2.24, 2.45) is 0 Å². The van der Waals surface area contributed by atoms with Crippen molar-refractivity contribution in [2.75, 3.05) is 64.4 Å². The largest absolute Gasteiger partial charge is 0.497 e. The number of piperazine rings is 1. The molecule has 8 heteroatoms. The fraction of sp³-hybridized carbons (Fsp3) is 0.500. The third-order valence-electron chi connectivity index (χ3n) is 7.95. The van der Waals surface area contributed by atoms with Gasteiger partial charge in [-0.3, -0.25) is 9.80 Å². The van der Waals surface area contributed by atoms with E-state index in [-0.39, 0.29) is 12.1 Å². The lowest BCUT2D eigenvalue weighted by Gasteiger charge is -2.36. The van der Waals surface area contributed by atoms with E-state index < -0.39 is 0 Å². The van der Waals surface area contributed by atoms with Crippen LogP contribution in [0.25, 0.3) is 22.2 Å². The van der Waals surface area contributed by atoms with Gasteiger partial charge in [0.1, 0.15) is 12.4 Å². The summed E-state index contributed by atoms with van der Waals surface area (Å²) >= 11 is 0. The molecular weight excluding hydrogens is 478 g/mol. The van der Waals surface area contributed by atoms with Crippen molar-refractivity contribution in [1.29, 1.82) is 0 Å². The van der Waals surface area contributed by atoms with Gasteiger partial charge in [0.05, 0.1) is 7.11 Å². The zero-order chi connectivity index (χ0) is 26.5. The highest BCUT2D eigenvalue weighted by Gasteiger charge is 2.23. The summed E-state index contributed by atoms with van der Waals surface area (Å²) in [6, 6.07) is 17.7. The summed E-state index contributed by atoms with van der Waals surface area (Å²) < 4.78 is 10.9. The highest BCUT2D eigenvalue weighted by atomic mass is 16.5. The number of rotatable bonds is 8. The van der Waals surface area contributed by atoms with E-state index in [2.05, 4.69) is 81.3 Å². The number of carbonyl (C=O) groups is 1. The molecule has 2 fully saturated rings. The highest BCUT2D eigenvalue weighted by molar-refractivity contribution is 5.87. The predicted molar refractivity (Wildman–Crippen MR) is 153 cm³/mol. The number of nitrogens with one attached hydrogen (secondary N) is 2. The zero-order valence-electron chi connectivity index (χ0n) is 22.9. The smallest absolute Gasteiger partial charge is 0.407 e. The summed E-state index contributed by atoms with van der Waals surface area (Å²) in [5.41, 5.74) is 4.55. The summed E-state index contributed by atoms with van der Waals surface area (Å²) in [6.07, 6.45) is 1.52. The van der Waals surface area contributed by atoms with Crippen LogP contribution in [-0.4, -0.2) is 92.5 Å². The van der Waals surface area contributed by atoms with Gasteiger partial charge in [-0.25, -0.2) is 4.79 Å². The van der Waals surface area contributed by atoms with Gasteiger partial charge in [-0.05, 0) is 68.7 Å². The lowest BCUT2D eigenvalue weighted by atomic mass is 10.0. The number of hydrogen-bond acceptors (Lipinski definition) is 6. The Morgan fingerprint density at radius 1 is 1.03 bits per heavy atom. The van der Waals surface area contributed by atoms with Gasteiger partial charge in [0.25, 0.3) is 0 Å². The Balaban J connectivity index is 1.07. The number of hydrogen-bond donors (Lipinski definition) is 2. The molecule has 2 N–H and O–H groups in total. The Labute approximate surface area is 225 Å². The maximum absolute atomic E-state index is 12.4. The summed E-state index contributed by atoms with van der Waals surface area (Å²) in [5.74, 6) is 0.859. The van der Waals surface area contributed by atoms with E-state index in [9.17, 15) is 4.79 Å². The predicted octanol–water partition coefficient (Wildman–Crippen LogP) is 4.56. The minimum absolute atomic E-state index is 0.153. The molecule has 2 aromatic carbocycles. The van der Waals surface area contributed by atoms with E-state index in [1.165, 1.54) is 5.69 Å². The summed E-state index contributed by atoms with van der Waals surface area (Å²) in [5, 5.41) is 4.22. The Bertz CT molecular complexity index is 1210. The lowest BCUT2D eigenvalue weighted by Crippen LogP contribution is -2.49. The van der Waals surface area contributed by atoms with Crippen molar-refractivity contribution < 1.29 is 14.3 Å². The first-order chi connectivity index (χ1) is 18.5. The van der Waals surface area contributed by atoms with Crippen molar-refractivity contribution in [2.45, 2.75) is 38.8 Å². The van der Waals surface area contributed by atoms with E-state index >= 15 is 0 Å². The molecule has 2 aliphatic heterocycles. The third-order valence-corrected chi connectivity index (χ3v) is 7.95. The molecule has 3 aromatic rings. The number of amides is 1. The SMILES string of the molecule is COc1ccc2[nH]c(-c3cccc(N4CCC(NC(=O)OCCN5CCN(C(C)C)CC5)CC4)c3)cc2c1. The number of anilines is 1. The van der Waals surface area contributed by atoms with Gasteiger partial charge in [-0.1, -0.05) is 12.1 Å². The van der Waals surface area contributed by atoms with Gasteiger partial charge < -0.3 is 24.7 Å². The number of aromatic amines is 1. The van der Waals surface area contributed by atoms with E-state index in [1.54, 1.807) is 7.11 Å². The Kier molecular flexibility index (Phi) is 8.39. The number of methoxy groups -OCH3 is 1. The first kappa shape index (κ1) is 26.4. The second-order valence-corrected chi connectivity index (χ2v) is 10.7. The molecule has 1 amide bonds. The fourth-order valence-corrected chi connectivity index (χ4v) is 5.52. The minimum Gasteiger partial charge on any atom is -0.497 e. The molecule has 0 spiro atoms. The Hall–Kier alpha value is -3.23. The molecule has 0 saturated carbocycles. The van der Waals surface area contributed by atoms with Crippen LogP contribution in [0.15, 0.2) is 48.5 Å². The number of fused-ring (bicyclic) bond motifs is 1. The normalized spacial score (nSPS) is 17.7. The second kappa shape index (κ2) is 12.1. The first-order valence-corrected chi connectivity index (χ1v) is 13.9. The van der Waals surface area contributed by atoms with Crippen molar-refractivity contribution >= 4 is 22.7 Å². The third kappa shape index (κ3) is 6.42. The van der Waals surface area contributed by atoms with Crippen molar-refractivity contribution in [3.63, 3.8) is 0 Å². The molecular formula is C30H41N5O3. The summed E-state index contributed by atoms with van der Waals surface area (Å²) in [4.78, 5) is 23.2. The molecule has 5 rings (SSSR count). The van der Waals surface area contributed by atoms with Crippen LogP contribution < -0.4 is 15.0 Å². The molecule has 204 valence electrons. The topological polar surface area (TPSA) is 73.1 Å². The molecule has 0 atom stereocenters. The maximum Gasteiger partial charge on any atom is 0.407 e. The van der Waals surface area contributed by atoms with Crippen LogP contribution in [0.3, 0.4) is 0 Å². The lowest BCUT2D eigenvalue weighted by molar-refractivity contribution is 0.0819. The maximum atomic E-state index is 12.4. The fourth-order valence-electron chi connectivity index (χ4n) is 5.52. The standard InChI is InChI=1S/C30H41N5O3/c1-22(2)34-15-13-33(14-16-34)17-18-38-30(36)31-25-9-11-35(12-10-25)26-6-4-5-23(19-26)29-21-24-20-27(37-3)7-8-28(24)32-29/h4-8,19-22,25,32H,9-18H2,1-3H3,(H,31,36). The van der Waals surface area contributed by atoms with Crippen molar-refractivity contribution in [1.82, 2.24) is 20.1 Å². The van der Waals surface area contributed by atoms with E-state index in [1.807, 2.05) is 6.07 Å². The van der Waals surface area contributed by atoms with Gasteiger partial charge in [-0.2, -0.15) is 0 Å². The Morgan fingerprint density at radius 3 is 2.55 bits per heavy atom. The van der Waals surface area contributed by atoms with Gasteiger partial charge in [0.15, 0.2) is 0 Å². The number of benzene rings is 2. The van der Waals surface area contributed by atoms with Crippen LogP contribution in [0.5, 0.6) is 5.75 Å². The van der Waals surface area contributed by atoms with Crippen molar-refractivity contribution in [3.8, 4) is 17.0 Å². The molecule has 38 heavy (non-hydrogen) atoms. The Morgan fingerprint density at radius 2 is 1.82 bits per heavy atom. The molecule has 0 radical (unpaired) electrons. The zero-order valence-corrected chi connectivity index (χ0v) is 22.9. The van der Waals surface area contributed by atoms with Crippen LogP contribution in [0, 0.1) is 0 Å². The molecule has 0 aliphatic carbocycles. The average molecular weight is 520 g/mol. The van der Waals surface area contributed by atoms with Crippen LogP contribution in [0.2, 0.25) is 0 Å². The number of carbonyl (C=O) groups excluding carboxylic acids is 1. The number of H-pyrrole nitrogens is 1. The number of aromatic nitrogens is 1. The highest BCUT2D eigenvalue weighted by Crippen LogP contribution is 2.30. The molecule has 0 unspecified atom stereocenters. The van der Waals surface area contributed by atoms with Gasteiger partial charge in [0.2, 0.25) is 0 Å². The number of alkyl carbamates (subject to hydrolysis) is 1. The minimum atomic E-state index is -0.290. The number of nitrogens with zero attached hydrogens (tertiary/aromatic N) is 3. The quantitative estimate of drug-likeness (QED) is 0.455. The average Bonchev–Trinajstić information content (AvgIpc) is 3.37. The number of piperidine rings is 1.